The number of likely N-dealkylation sites (N-methyl/N-ethyl adjacent to an activating group) is 2. The Labute approximate surface area is 174 Å². The van der Waals surface area contributed by atoms with Crippen molar-refractivity contribution in [2.45, 2.75) is 39.8 Å². The quantitative estimate of drug-likeness (QED) is 0.644. The van der Waals surface area contributed by atoms with Gasteiger partial charge in [0.1, 0.15) is 5.82 Å². The molecule has 0 radical (unpaired) electrons. The summed E-state index contributed by atoms with van der Waals surface area (Å²) in [5, 5.41) is 0.628. The molecule has 158 valence electrons. The van der Waals surface area contributed by atoms with Gasteiger partial charge in [0.2, 0.25) is 5.91 Å². The molecule has 0 unspecified atom stereocenters. The molecule has 0 aliphatic heterocycles. The summed E-state index contributed by atoms with van der Waals surface area (Å²) in [7, 11) is 1.80. The summed E-state index contributed by atoms with van der Waals surface area (Å²) in [6.45, 7) is 4.91. The van der Waals surface area contributed by atoms with E-state index in [-0.39, 0.29) is 30.5 Å². The van der Waals surface area contributed by atoms with Crippen LogP contribution in [0.5, 0.6) is 0 Å². The van der Waals surface area contributed by atoms with Crippen LogP contribution in [0.2, 0.25) is 5.02 Å². The number of rotatable bonds is 9. The number of unbranched alkanes of at least 4 members (excludes halogenated alkanes) is 1. The molecule has 1 heterocycles. The zero-order valence-electron chi connectivity index (χ0n) is 17.1. The Morgan fingerprint density at radius 1 is 1.24 bits per heavy atom. The van der Waals surface area contributed by atoms with Crippen molar-refractivity contribution < 1.29 is 4.79 Å². The summed E-state index contributed by atoms with van der Waals surface area (Å²) in [5.74, 6) is -0.281. The van der Waals surface area contributed by atoms with Gasteiger partial charge < -0.3 is 10.6 Å². The molecule has 2 rings (SSSR count). The fourth-order valence-electron chi connectivity index (χ4n) is 3.13. The molecule has 0 aliphatic carbocycles. The van der Waals surface area contributed by atoms with Crippen LogP contribution in [0.3, 0.4) is 0 Å². The minimum atomic E-state index is -0.663. The van der Waals surface area contributed by atoms with Crippen molar-refractivity contribution in [2.24, 2.45) is 0 Å². The highest BCUT2D eigenvalue weighted by atomic mass is 35.5. The van der Waals surface area contributed by atoms with Crippen LogP contribution in [0.4, 0.5) is 11.5 Å². The van der Waals surface area contributed by atoms with Crippen molar-refractivity contribution in [3.05, 3.63) is 55.7 Å². The molecule has 0 saturated carbocycles. The van der Waals surface area contributed by atoms with E-state index >= 15 is 0 Å². The summed E-state index contributed by atoms with van der Waals surface area (Å²) in [4.78, 5) is 42.9. The number of hydrogen-bond acceptors (Lipinski definition) is 5. The number of carbonyl (C=O) groups excluding carboxylic acids is 1. The highest BCUT2D eigenvalue weighted by Crippen LogP contribution is 2.19. The van der Waals surface area contributed by atoms with Gasteiger partial charge in [0.15, 0.2) is 5.69 Å². The molecule has 1 aromatic carbocycles. The molecule has 1 amide bonds. The maximum Gasteiger partial charge on any atom is 0.330 e. The van der Waals surface area contributed by atoms with Gasteiger partial charge in [0.05, 0.1) is 6.54 Å². The smallest absolute Gasteiger partial charge is 0.330 e. The van der Waals surface area contributed by atoms with Crippen LogP contribution < -0.4 is 21.9 Å². The Morgan fingerprint density at radius 2 is 1.93 bits per heavy atom. The zero-order chi connectivity index (χ0) is 21.6. The molecular formula is C20H28ClN5O3. The number of halogens is 1. The standard InChI is InChI=1S/C20H28ClN5O3/c1-4-6-11-26-18(22)17(19(28)23-20(26)29)25(5-2)16(27)13-24(3)12-14-9-7-8-10-15(14)21/h7-10H,4-6,11-13,22H2,1-3H3,(H,23,28,29). The maximum atomic E-state index is 12.9. The SMILES string of the molecule is CCCCn1c(N)c(N(CC)C(=O)CN(C)Cc2ccccc2Cl)c(=O)[nH]c1=O. The molecule has 1 aromatic heterocycles. The van der Waals surface area contributed by atoms with E-state index in [4.69, 9.17) is 17.3 Å². The van der Waals surface area contributed by atoms with Crippen molar-refractivity contribution in [3.63, 3.8) is 0 Å². The molecule has 29 heavy (non-hydrogen) atoms. The van der Waals surface area contributed by atoms with E-state index in [2.05, 4.69) is 4.98 Å². The lowest BCUT2D eigenvalue weighted by molar-refractivity contribution is -0.119. The van der Waals surface area contributed by atoms with Crippen molar-refractivity contribution in [1.29, 1.82) is 0 Å². The molecule has 8 nitrogen and oxygen atoms in total. The van der Waals surface area contributed by atoms with Gasteiger partial charge in [-0.3, -0.25) is 24.0 Å². The molecular weight excluding hydrogens is 394 g/mol. The van der Waals surface area contributed by atoms with Crippen LogP contribution >= 0.6 is 11.6 Å². The third kappa shape index (κ3) is 5.48. The fraction of sp³-hybridized carbons (Fsp3) is 0.450. The number of nitrogen functional groups attached to an aromatic ring is 1. The van der Waals surface area contributed by atoms with Gasteiger partial charge in [-0.2, -0.15) is 0 Å². The Bertz CT molecular complexity index is 969. The number of nitrogens with one attached hydrogen (secondary N) is 1. The van der Waals surface area contributed by atoms with Gasteiger partial charge in [-0.1, -0.05) is 43.1 Å². The zero-order valence-corrected chi connectivity index (χ0v) is 17.8. The second kappa shape index (κ2) is 10.3. The normalized spacial score (nSPS) is 11.1. The first-order chi connectivity index (χ1) is 13.8. The number of nitrogens with two attached hydrogens (primary N) is 1. The number of carbonyl (C=O) groups is 1. The van der Waals surface area contributed by atoms with E-state index < -0.39 is 11.2 Å². The fourth-order valence-corrected chi connectivity index (χ4v) is 3.32. The van der Waals surface area contributed by atoms with E-state index in [1.54, 1.807) is 20.0 Å². The average molecular weight is 422 g/mol. The first kappa shape index (κ1) is 22.7. The number of nitrogens with zero attached hydrogens (tertiary/aromatic N) is 3. The third-order valence-electron chi connectivity index (χ3n) is 4.64. The van der Waals surface area contributed by atoms with Gasteiger partial charge in [-0.05, 0) is 32.0 Å². The molecule has 0 saturated heterocycles. The number of H-pyrrole nitrogens is 1. The number of aromatic nitrogens is 2. The highest BCUT2D eigenvalue weighted by molar-refractivity contribution is 6.31. The lowest BCUT2D eigenvalue weighted by atomic mass is 10.2. The minimum absolute atomic E-state index is 0.0103. The maximum absolute atomic E-state index is 12.9. The van der Waals surface area contributed by atoms with Gasteiger partial charge in [0, 0.05) is 24.7 Å². The number of benzene rings is 1. The monoisotopic (exact) mass is 421 g/mol. The molecule has 9 heteroatoms. The highest BCUT2D eigenvalue weighted by Gasteiger charge is 2.23. The molecule has 0 spiro atoms. The number of amides is 1. The van der Waals surface area contributed by atoms with Crippen molar-refractivity contribution in [3.8, 4) is 0 Å². The Balaban J connectivity index is 2.26. The second-order valence-corrected chi connectivity index (χ2v) is 7.31. The Morgan fingerprint density at radius 3 is 2.55 bits per heavy atom. The number of anilines is 2. The van der Waals surface area contributed by atoms with Crippen LogP contribution in [0.1, 0.15) is 32.3 Å². The predicted molar refractivity (Wildman–Crippen MR) is 116 cm³/mol. The Kier molecular flexibility index (Phi) is 8.04. The molecule has 0 aliphatic rings. The number of aromatic amines is 1. The van der Waals surface area contributed by atoms with Crippen molar-refractivity contribution in [2.75, 3.05) is 30.8 Å². The van der Waals surface area contributed by atoms with Crippen LogP contribution in [0.15, 0.2) is 33.9 Å². The van der Waals surface area contributed by atoms with E-state index in [0.717, 1.165) is 18.4 Å². The third-order valence-corrected chi connectivity index (χ3v) is 5.01. The van der Waals surface area contributed by atoms with Crippen molar-refractivity contribution >= 4 is 29.0 Å². The van der Waals surface area contributed by atoms with E-state index in [1.165, 1.54) is 9.47 Å². The summed E-state index contributed by atoms with van der Waals surface area (Å²) in [6.07, 6.45) is 1.60. The van der Waals surface area contributed by atoms with Gasteiger partial charge >= 0.3 is 5.69 Å². The minimum Gasteiger partial charge on any atom is -0.383 e. The van der Waals surface area contributed by atoms with Crippen LogP contribution in [0, 0.1) is 0 Å². The van der Waals surface area contributed by atoms with Crippen LogP contribution in [-0.2, 0) is 17.9 Å². The number of hydrogen-bond donors (Lipinski definition) is 2. The van der Waals surface area contributed by atoms with E-state index in [0.29, 0.717) is 18.1 Å². The van der Waals surface area contributed by atoms with Gasteiger partial charge in [0.25, 0.3) is 5.56 Å². The Hall–Kier alpha value is -2.58. The lowest BCUT2D eigenvalue weighted by Gasteiger charge is -2.25. The summed E-state index contributed by atoms with van der Waals surface area (Å²) in [6, 6.07) is 7.42. The molecule has 0 bridgehead atoms. The van der Waals surface area contributed by atoms with Gasteiger partial charge in [-0.25, -0.2) is 4.79 Å². The topological polar surface area (TPSA) is 104 Å². The molecule has 3 N–H and O–H groups in total. The molecule has 2 aromatic rings. The molecule has 0 atom stereocenters. The molecule has 0 fully saturated rings. The predicted octanol–water partition coefficient (Wildman–Crippen LogP) is 2.06. The first-order valence-corrected chi connectivity index (χ1v) is 10.0. The summed E-state index contributed by atoms with van der Waals surface area (Å²) < 4.78 is 1.31. The summed E-state index contributed by atoms with van der Waals surface area (Å²) in [5.41, 5.74) is 5.82. The van der Waals surface area contributed by atoms with Gasteiger partial charge in [-0.15, -0.1) is 0 Å². The van der Waals surface area contributed by atoms with E-state index in [1.807, 2.05) is 30.0 Å². The largest absolute Gasteiger partial charge is 0.383 e. The lowest BCUT2D eigenvalue weighted by Crippen LogP contribution is -2.44. The van der Waals surface area contributed by atoms with Crippen molar-refractivity contribution in [1.82, 2.24) is 14.5 Å². The van der Waals surface area contributed by atoms with Crippen LogP contribution in [0.25, 0.3) is 0 Å². The van der Waals surface area contributed by atoms with Crippen LogP contribution in [-0.4, -0.2) is 40.5 Å². The summed E-state index contributed by atoms with van der Waals surface area (Å²) >= 11 is 6.19. The van der Waals surface area contributed by atoms with E-state index in [9.17, 15) is 14.4 Å². The first-order valence-electron chi connectivity index (χ1n) is 9.65. The second-order valence-electron chi connectivity index (χ2n) is 6.90. The average Bonchev–Trinajstić information content (AvgIpc) is 2.66.